The van der Waals surface area contributed by atoms with Gasteiger partial charge in [-0.2, -0.15) is 5.10 Å². The number of aliphatic hydroxyl groups is 1. The van der Waals surface area contributed by atoms with Crippen molar-refractivity contribution in [2.75, 3.05) is 6.61 Å². The van der Waals surface area contributed by atoms with E-state index in [4.69, 9.17) is 15.6 Å². The zero-order valence-corrected chi connectivity index (χ0v) is 10.4. The Labute approximate surface area is 110 Å². The van der Waals surface area contributed by atoms with Gasteiger partial charge in [-0.1, -0.05) is 0 Å². The number of carbonyl (C=O) groups is 2. The standard InChI is InChI=1S/C12H15N3O4/c1-8(16)12(18)15-14-6-9-2-4-10(5-3-9)19-7-11(13)17/h2-6,8,16H,7H2,1H3,(H2,13,17)(H,15,18)/b14-6-/t8-/m0/s1. The summed E-state index contributed by atoms with van der Waals surface area (Å²) in [5.74, 6) is -0.631. The summed E-state index contributed by atoms with van der Waals surface area (Å²) in [6, 6.07) is 6.66. The number of nitrogens with zero attached hydrogens (tertiary/aromatic N) is 1. The molecule has 7 heteroatoms. The maximum atomic E-state index is 11.0. The first kappa shape index (κ1) is 14.7. The minimum Gasteiger partial charge on any atom is -0.484 e. The van der Waals surface area contributed by atoms with E-state index in [1.807, 2.05) is 0 Å². The average Bonchev–Trinajstić information content (AvgIpc) is 2.37. The number of nitrogens with two attached hydrogens (primary N) is 1. The highest BCUT2D eigenvalue weighted by Gasteiger charge is 2.05. The maximum absolute atomic E-state index is 11.0. The van der Waals surface area contributed by atoms with E-state index in [9.17, 15) is 9.59 Å². The molecule has 0 heterocycles. The van der Waals surface area contributed by atoms with Crippen LogP contribution in [0.2, 0.25) is 0 Å². The van der Waals surface area contributed by atoms with Crippen LogP contribution in [0, 0.1) is 0 Å². The molecule has 0 radical (unpaired) electrons. The van der Waals surface area contributed by atoms with Crippen LogP contribution in [-0.4, -0.2) is 35.8 Å². The van der Waals surface area contributed by atoms with Crippen molar-refractivity contribution in [2.45, 2.75) is 13.0 Å². The smallest absolute Gasteiger partial charge is 0.268 e. The van der Waals surface area contributed by atoms with Crippen molar-refractivity contribution in [3.8, 4) is 5.75 Å². The van der Waals surface area contributed by atoms with Gasteiger partial charge in [-0.15, -0.1) is 0 Å². The Bertz CT molecular complexity index is 468. The minimum absolute atomic E-state index is 0.183. The Morgan fingerprint density at radius 3 is 2.63 bits per heavy atom. The number of carbonyl (C=O) groups excluding carboxylic acids is 2. The lowest BCUT2D eigenvalue weighted by Gasteiger charge is -2.03. The first-order valence-corrected chi connectivity index (χ1v) is 5.51. The Hall–Kier alpha value is -2.41. The van der Waals surface area contributed by atoms with Crippen molar-refractivity contribution in [3.63, 3.8) is 0 Å². The highest BCUT2D eigenvalue weighted by Crippen LogP contribution is 2.10. The fourth-order valence-corrected chi connectivity index (χ4v) is 1.07. The SMILES string of the molecule is C[C@H](O)C(=O)N/N=C\c1ccc(OCC(N)=O)cc1. The van der Waals surface area contributed by atoms with Gasteiger partial charge < -0.3 is 15.6 Å². The van der Waals surface area contributed by atoms with Gasteiger partial charge in [0, 0.05) is 0 Å². The molecule has 0 aliphatic rings. The van der Waals surface area contributed by atoms with Gasteiger partial charge in [0.15, 0.2) is 6.61 Å². The molecular weight excluding hydrogens is 250 g/mol. The van der Waals surface area contributed by atoms with Crippen LogP contribution in [0.3, 0.4) is 0 Å². The molecule has 7 nitrogen and oxygen atoms in total. The number of rotatable bonds is 6. The first-order chi connectivity index (χ1) is 8.99. The third-order valence-electron chi connectivity index (χ3n) is 2.03. The summed E-state index contributed by atoms with van der Waals surface area (Å²) in [5, 5.41) is 12.6. The van der Waals surface area contributed by atoms with E-state index in [1.54, 1.807) is 24.3 Å². The quantitative estimate of drug-likeness (QED) is 0.470. The summed E-state index contributed by atoms with van der Waals surface area (Å²) >= 11 is 0. The molecule has 0 fully saturated rings. The molecule has 0 bridgehead atoms. The lowest BCUT2D eigenvalue weighted by atomic mass is 10.2. The summed E-state index contributed by atoms with van der Waals surface area (Å²) in [5.41, 5.74) is 7.84. The second kappa shape index (κ2) is 7.12. The second-order valence-electron chi connectivity index (χ2n) is 3.73. The molecule has 2 amide bonds. The summed E-state index contributed by atoms with van der Waals surface area (Å²) in [7, 11) is 0. The van der Waals surface area contributed by atoms with Gasteiger partial charge in [-0.05, 0) is 36.8 Å². The van der Waals surface area contributed by atoms with Gasteiger partial charge in [-0.25, -0.2) is 5.43 Å². The Balaban J connectivity index is 2.50. The van der Waals surface area contributed by atoms with E-state index >= 15 is 0 Å². The Morgan fingerprint density at radius 2 is 2.11 bits per heavy atom. The first-order valence-electron chi connectivity index (χ1n) is 5.51. The summed E-state index contributed by atoms with van der Waals surface area (Å²) in [4.78, 5) is 21.5. The van der Waals surface area contributed by atoms with E-state index in [-0.39, 0.29) is 6.61 Å². The highest BCUT2D eigenvalue weighted by atomic mass is 16.5. The molecule has 1 atom stereocenters. The topological polar surface area (TPSA) is 114 Å². The number of hydrazone groups is 1. The monoisotopic (exact) mass is 265 g/mol. The number of hydrogen-bond acceptors (Lipinski definition) is 5. The third kappa shape index (κ3) is 5.64. The van der Waals surface area contributed by atoms with Crippen LogP contribution in [-0.2, 0) is 9.59 Å². The largest absolute Gasteiger partial charge is 0.484 e. The summed E-state index contributed by atoms with van der Waals surface area (Å²) < 4.78 is 5.07. The molecule has 0 unspecified atom stereocenters. The van der Waals surface area contributed by atoms with Crippen LogP contribution in [0.25, 0.3) is 0 Å². The van der Waals surface area contributed by atoms with Crippen LogP contribution in [0.5, 0.6) is 5.75 Å². The van der Waals surface area contributed by atoms with Gasteiger partial charge in [0.2, 0.25) is 0 Å². The third-order valence-corrected chi connectivity index (χ3v) is 2.03. The van der Waals surface area contributed by atoms with Crippen LogP contribution >= 0.6 is 0 Å². The van der Waals surface area contributed by atoms with Crippen molar-refractivity contribution >= 4 is 18.0 Å². The number of amides is 2. The minimum atomic E-state index is -1.11. The molecule has 102 valence electrons. The van der Waals surface area contributed by atoms with Crippen LogP contribution < -0.4 is 15.9 Å². The number of aliphatic hydroxyl groups excluding tert-OH is 1. The number of ether oxygens (including phenoxy) is 1. The zero-order chi connectivity index (χ0) is 14.3. The van der Waals surface area contributed by atoms with E-state index in [2.05, 4.69) is 10.5 Å². The van der Waals surface area contributed by atoms with Gasteiger partial charge in [-0.3, -0.25) is 9.59 Å². The fourth-order valence-electron chi connectivity index (χ4n) is 1.07. The molecule has 0 aromatic heterocycles. The van der Waals surface area contributed by atoms with E-state index in [0.29, 0.717) is 5.75 Å². The Kier molecular flexibility index (Phi) is 5.49. The molecule has 4 N–H and O–H groups in total. The van der Waals surface area contributed by atoms with Crippen LogP contribution in [0.1, 0.15) is 12.5 Å². The summed E-state index contributed by atoms with van der Waals surface area (Å²) in [6.07, 6.45) is 0.305. The molecule has 19 heavy (non-hydrogen) atoms. The van der Waals surface area contributed by atoms with Crippen molar-refractivity contribution in [1.29, 1.82) is 0 Å². The average molecular weight is 265 g/mol. The van der Waals surface area contributed by atoms with Gasteiger partial charge in [0.05, 0.1) is 6.21 Å². The normalized spacial score (nSPS) is 12.1. The van der Waals surface area contributed by atoms with E-state index < -0.39 is 17.9 Å². The van der Waals surface area contributed by atoms with Crippen molar-refractivity contribution in [3.05, 3.63) is 29.8 Å². The Morgan fingerprint density at radius 1 is 1.47 bits per heavy atom. The second-order valence-corrected chi connectivity index (χ2v) is 3.73. The zero-order valence-electron chi connectivity index (χ0n) is 10.4. The molecule has 0 saturated heterocycles. The van der Waals surface area contributed by atoms with Gasteiger partial charge in [0.25, 0.3) is 11.8 Å². The number of primary amides is 1. The molecule has 0 aliphatic carbocycles. The predicted octanol–water partition coefficient (Wildman–Crippen LogP) is -0.618. The fraction of sp³-hybridized carbons (Fsp3) is 0.250. The molecule has 1 rings (SSSR count). The molecular formula is C12H15N3O4. The highest BCUT2D eigenvalue weighted by molar-refractivity contribution is 5.84. The maximum Gasteiger partial charge on any atom is 0.268 e. The van der Waals surface area contributed by atoms with Crippen molar-refractivity contribution in [2.24, 2.45) is 10.8 Å². The van der Waals surface area contributed by atoms with Crippen molar-refractivity contribution < 1.29 is 19.4 Å². The predicted molar refractivity (Wildman–Crippen MR) is 68.5 cm³/mol. The molecule has 0 saturated carbocycles. The molecule has 1 aromatic rings. The van der Waals surface area contributed by atoms with E-state index in [1.165, 1.54) is 13.1 Å². The summed E-state index contributed by atoms with van der Waals surface area (Å²) in [6.45, 7) is 1.16. The van der Waals surface area contributed by atoms with Gasteiger partial charge >= 0.3 is 0 Å². The number of benzene rings is 1. The molecule has 0 aliphatic heterocycles. The van der Waals surface area contributed by atoms with E-state index in [0.717, 1.165) is 5.56 Å². The number of nitrogens with one attached hydrogen (secondary N) is 1. The van der Waals surface area contributed by atoms with Crippen LogP contribution in [0.15, 0.2) is 29.4 Å². The molecule has 1 aromatic carbocycles. The lowest BCUT2D eigenvalue weighted by Crippen LogP contribution is -2.28. The molecule has 0 spiro atoms. The van der Waals surface area contributed by atoms with Crippen molar-refractivity contribution in [1.82, 2.24) is 5.43 Å². The van der Waals surface area contributed by atoms with Crippen LogP contribution in [0.4, 0.5) is 0 Å². The number of hydrogen-bond donors (Lipinski definition) is 3. The van der Waals surface area contributed by atoms with Gasteiger partial charge in [0.1, 0.15) is 11.9 Å². The lowest BCUT2D eigenvalue weighted by molar-refractivity contribution is -0.128.